The molecule has 2 aliphatic rings. The van der Waals surface area contributed by atoms with Crippen molar-refractivity contribution in [3.05, 3.63) is 90.0 Å². The van der Waals surface area contributed by atoms with E-state index in [0.29, 0.717) is 46.0 Å². The minimum Gasteiger partial charge on any atom is -0.486 e. The molecule has 2 aromatic carbocycles. The topological polar surface area (TPSA) is 92.3 Å². The van der Waals surface area contributed by atoms with Gasteiger partial charge in [-0.1, -0.05) is 36.1 Å². The van der Waals surface area contributed by atoms with E-state index in [0.717, 1.165) is 29.6 Å². The second-order valence-corrected chi connectivity index (χ2v) is 10.7. The third-order valence-corrected chi connectivity index (χ3v) is 8.24. The summed E-state index contributed by atoms with van der Waals surface area (Å²) in [6.07, 6.45) is 8.94. The standard InChI is InChI=1S/C32H29ClN6O2/c1-3-30(40)38-27-18-25-28(16-21(27)9-12-32-13-10-24(11-14-32)39(32)2)35-20-36-31(25)37-22-7-8-29(26(33)17-22)41-19-23-6-4-5-15-34-23/h3-8,15-18,20,24H,1,10-11,13-14,19H2,2H3,(H,38,40)(H,35,36,37). The molecule has 0 radical (unpaired) electrons. The molecule has 0 aliphatic carbocycles. The molecule has 4 aromatic rings. The summed E-state index contributed by atoms with van der Waals surface area (Å²) in [6, 6.07) is 15.4. The van der Waals surface area contributed by atoms with Gasteiger partial charge in [0.15, 0.2) is 0 Å². The fourth-order valence-electron chi connectivity index (χ4n) is 5.63. The highest BCUT2D eigenvalue weighted by atomic mass is 35.5. The highest BCUT2D eigenvalue weighted by Crippen LogP contribution is 2.45. The summed E-state index contributed by atoms with van der Waals surface area (Å²) in [6.45, 7) is 3.91. The SMILES string of the molecule is C=CC(=O)Nc1cc2c(Nc3ccc(OCc4ccccn4)c(Cl)c3)ncnc2cc1C#CC12CCC(CC1)N2C. The van der Waals surface area contributed by atoms with Gasteiger partial charge in [0.25, 0.3) is 0 Å². The fraction of sp³-hybridized carbons (Fsp3) is 0.250. The Morgan fingerprint density at radius 1 is 1.20 bits per heavy atom. The zero-order valence-corrected chi connectivity index (χ0v) is 23.4. The molecule has 2 saturated heterocycles. The van der Waals surface area contributed by atoms with Crippen LogP contribution < -0.4 is 15.4 Å². The number of carbonyl (C=O) groups is 1. The number of hydrogen-bond acceptors (Lipinski definition) is 7. The molecule has 0 atom stereocenters. The van der Waals surface area contributed by atoms with Crippen LogP contribution in [0.5, 0.6) is 5.75 Å². The van der Waals surface area contributed by atoms with Crippen LogP contribution in [0.3, 0.4) is 0 Å². The maximum absolute atomic E-state index is 12.3. The quantitative estimate of drug-likeness (QED) is 0.207. The molecule has 1 amide bonds. The monoisotopic (exact) mass is 564 g/mol. The van der Waals surface area contributed by atoms with Crippen molar-refractivity contribution in [1.82, 2.24) is 19.9 Å². The Balaban J connectivity index is 1.29. The van der Waals surface area contributed by atoms with Gasteiger partial charge in [0.05, 0.1) is 33.0 Å². The Kier molecular flexibility index (Phi) is 7.31. The largest absolute Gasteiger partial charge is 0.486 e. The number of amides is 1. The number of halogens is 1. The number of fused-ring (bicyclic) bond motifs is 3. The molecule has 6 rings (SSSR count). The van der Waals surface area contributed by atoms with Crippen LogP contribution in [0.15, 0.2) is 73.7 Å². The zero-order chi connectivity index (χ0) is 28.4. The number of carbonyl (C=O) groups excluding carboxylic acids is 1. The Hall–Kier alpha value is -4.45. The number of aromatic nitrogens is 3. The predicted molar refractivity (Wildman–Crippen MR) is 161 cm³/mol. The smallest absolute Gasteiger partial charge is 0.247 e. The Morgan fingerprint density at radius 3 is 2.76 bits per heavy atom. The molecule has 8 nitrogen and oxygen atoms in total. The van der Waals surface area contributed by atoms with Crippen LogP contribution in [0.4, 0.5) is 17.2 Å². The Labute approximate surface area is 243 Å². The molecule has 2 fully saturated rings. The lowest BCUT2D eigenvalue weighted by Gasteiger charge is -2.25. The third kappa shape index (κ3) is 5.47. The van der Waals surface area contributed by atoms with Crippen molar-refractivity contribution in [3.8, 4) is 17.6 Å². The summed E-state index contributed by atoms with van der Waals surface area (Å²) in [5.41, 5.74) is 3.41. The van der Waals surface area contributed by atoms with Crippen LogP contribution in [0.1, 0.15) is 36.9 Å². The molecule has 9 heteroatoms. The molecular formula is C32H29ClN6O2. The summed E-state index contributed by atoms with van der Waals surface area (Å²) >= 11 is 6.53. The van der Waals surface area contributed by atoms with Crippen molar-refractivity contribution in [2.75, 3.05) is 17.7 Å². The van der Waals surface area contributed by atoms with Crippen molar-refractivity contribution >= 4 is 45.6 Å². The average Bonchev–Trinajstić information content (AvgIpc) is 3.47. The van der Waals surface area contributed by atoms with Gasteiger partial charge in [-0.25, -0.2) is 9.97 Å². The van der Waals surface area contributed by atoms with Gasteiger partial charge >= 0.3 is 0 Å². The number of ether oxygens (including phenoxy) is 1. The van der Waals surface area contributed by atoms with Crippen LogP contribution in [0.2, 0.25) is 5.02 Å². The second-order valence-electron chi connectivity index (χ2n) is 10.3. The average molecular weight is 565 g/mol. The minimum absolute atomic E-state index is 0.107. The summed E-state index contributed by atoms with van der Waals surface area (Å²) in [7, 11) is 2.16. The van der Waals surface area contributed by atoms with E-state index < -0.39 is 0 Å². The Morgan fingerprint density at radius 2 is 2.05 bits per heavy atom. The summed E-state index contributed by atoms with van der Waals surface area (Å²) in [5, 5.41) is 7.42. The van der Waals surface area contributed by atoms with Gasteiger partial charge < -0.3 is 15.4 Å². The lowest BCUT2D eigenvalue weighted by atomic mass is 9.88. The molecule has 2 N–H and O–H groups in total. The molecule has 2 aromatic heterocycles. The van der Waals surface area contributed by atoms with Crippen molar-refractivity contribution in [2.45, 2.75) is 43.9 Å². The van der Waals surface area contributed by atoms with E-state index in [-0.39, 0.29) is 11.4 Å². The molecular weight excluding hydrogens is 536 g/mol. The van der Waals surface area contributed by atoms with Gasteiger partial charge in [-0.15, -0.1) is 0 Å². The molecule has 0 spiro atoms. The first-order valence-electron chi connectivity index (χ1n) is 13.5. The van der Waals surface area contributed by atoms with Crippen LogP contribution in [0, 0.1) is 11.8 Å². The van der Waals surface area contributed by atoms with Gasteiger partial charge in [-0.2, -0.15) is 0 Å². The van der Waals surface area contributed by atoms with Gasteiger partial charge in [0.1, 0.15) is 24.5 Å². The van der Waals surface area contributed by atoms with E-state index in [1.54, 1.807) is 18.3 Å². The van der Waals surface area contributed by atoms with Gasteiger partial charge in [-0.05, 0) is 81.3 Å². The maximum atomic E-state index is 12.3. The normalized spacial score (nSPS) is 19.4. The number of nitrogens with one attached hydrogen (secondary N) is 2. The van der Waals surface area contributed by atoms with Crippen LogP contribution in [-0.4, -0.2) is 44.4 Å². The number of hydrogen-bond donors (Lipinski definition) is 2. The first-order chi connectivity index (χ1) is 19.9. The van der Waals surface area contributed by atoms with E-state index in [1.165, 1.54) is 25.2 Å². The number of anilines is 3. The zero-order valence-electron chi connectivity index (χ0n) is 22.7. The predicted octanol–water partition coefficient (Wildman–Crippen LogP) is 6.10. The van der Waals surface area contributed by atoms with Crippen molar-refractivity contribution in [3.63, 3.8) is 0 Å². The molecule has 0 saturated carbocycles. The van der Waals surface area contributed by atoms with Crippen molar-refractivity contribution in [2.24, 2.45) is 0 Å². The van der Waals surface area contributed by atoms with Crippen LogP contribution >= 0.6 is 11.6 Å². The molecule has 0 unspecified atom stereocenters. The first-order valence-corrected chi connectivity index (χ1v) is 13.9. The van der Waals surface area contributed by atoms with Gasteiger partial charge in [0, 0.05) is 23.3 Å². The number of pyridine rings is 1. The summed E-state index contributed by atoms with van der Waals surface area (Å²) < 4.78 is 5.85. The molecule has 41 heavy (non-hydrogen) atoms. The highest BCUT2D eigenvalue weighted by molar-refractivity contribution is 6.32. The van der Waals surface area contributed by atoms with Gasteiger partial charge in [0.2, 0.25) is 5.91 Å². The molecule has 2 bridgehead atoms. The summed E-state index contributed by atoms with van der Waals surface area (Å²) in [4.78, 5) is 28.0. The molecule has 206 valence electrons. The number of rotatable bonds is 7. The van der Waals surface area contributed by atoms with Crippen molar-refractivity contribution in [1.29, 1.82) is 0 Å². The van der Waals surface area contributed by atoms with E-state index in [9.17, 15) is 4.79 Å². The van der Waals surface area contributed by atoms with Crippen molar-refractivity contribution < 1.29 is 9.53 Å². The van der Waals surface area contributed by atoms with E-state index in [1.807, 2.05) is 36.4 Å². The third-order valence-electron chi connectivity index (χ3n) is 7.95. The van der Waals surface area contributed by atoms with Gasteiger partial charge in [-0.3, -0.25) is 14.7 Å². The fourth-order valence-corrected chi connectivity index (χ4v) is 5.86. The molecule has 4 heterocycles. The summed E-state index contributed by atoms with van der Waals surface area (Å²) in [5.74, 6) is 7.72. The highest BCUT2D eigenvalue weighted by Gasteiger charge is 2.48. The minimum atomic E-state index is -0.316. The second kappa shape index (κ2) is 11.2. The number of nitrogens with zero attached hydrogens (tertiary/aromatic N) is 4. The van der Waals surface area contributed by atoms with Crippen LogP contribution in [0.25, 0.3) is 10.9 Å². The van der Waals surface area contributed by atoms with Crippen LogP contribution in [-0.2, 0) is 11.4 Å². The number of benzene rings is 2. The van der Waals surface area contributed by atoms with E-state index >= 15 is 0 Å². The molecule has 2 aliphatic heterocycles. The Bertz CT molecular complexity index is 1690. The van der Waals surface area contributed by atoms with E-state index in [4.69, 9.17) is 16.3 Å². The first kappa shape index (κ1) is 26.8. The maximum Gasteiger partial charge on any atom is 0.247 e. The van der Waals surface area contributed by atoms with E-state index in [2.05, 4.69) is 56.0 Å². The lowest BCUT2D eigenvalue weighted by Crippen LogP contribution is -2.36. The lowest BCUT2D eigenvalue weighted by molar-refractivity contribution is -0.111.